The zero-order valence-electron chi connectivity index (χ0n) is 10.7. The molecule has 0 bridgehead atoms. The first-order valence-electron chi connectivity index (χ1n) is 6.41. The van der Waals surface area contributed by atoms with E-state index >= 15 is 0 Å². The van der Waals surface area contributed by atoms with Crippen molar-refractivity contribution in [1.82, 2.24) is 10.3 Å². The molecular weight excluding hydrogens is 228 g/mol. The van der Waals surface area contributed by atoms with Crippen molar-refractivity contribution >= 4 is 17.4 Å². The molecule has 1 aliphatic rings. The standard InChI is InChI=1S/C13H20N4O/c1-9-4-7-11(14)13(16-9)15-8-2-3-12(18)17-10-5-6-10/h4,7,10H,2-3,5-6,8,14H2,1H3,(H,15,16)(H,17,18). The predicted octanol–water partition coefficient (Wildman–Crippen LogP) is 1.44. The van der Waals surface area contributed by atoms with Gasteiger partial charge in [-0.15, -0.1) is 0 Å². The van der Waals surface area contributed by atoms with E-state index in [4.69, 9.17) is 5.73 Å². The number of nitrogen functional groups attached to an aromatic ring is 1. The predicted molar refractivity (Wildman–Crippen MR) is 72.3 cm³/mol. The fourth-order valence-corrected chi connectivity index (χ4v) is 1.69. The Hall–Kier alpha value is -1.78. The van der Waals surface area contributed by atoms with Gasteiger partial charge >= 0.3 is 0 Å². The van der Waals surface area contributed by atoms with Gasteiger partial charge in [-0.25, -0.2) is 4.98 Å². The third-order valence-electron chi connectivity index (χ3n) is 2.88. The van der Waals surface area contributed by atoms with Crippen LogP contribution in [-0.4, -0.2) is 23.5 Å². The normalized spacial score (nSPS) is 14.3. The fraction of sp³-hybridized carbons (Fsp3) is 0.538. The third-order valence-corrected chi connectivity index (χ3v) is 2.88. The fourth-order valence-electron chi connectivity index (χ4n) is 1.69. The van der Waals surface area contributed by atoms with Gasteiger partial charge in [0.1, 0.15) is 5.82 Å². The maximum atomic E-state index is 11.4. The minimum Gasteiger partial charge on any atom is -0.396 e. The molecule has 1 saturated carbocycles. The number of hydrogen-bond acceptors (Lipinski definition) is 4. The van der Waals surface area contributed by atoms with Crippen molar-refractivity contribution in [3.05, 3.63) is 17.8 Å². The van der Waals surface area contributed by atoms with Crippen LogP contribution in [0.25, 0.3) is 0 Å². The first kappa shape index (κ1) is 12.7. The van der Waals surface area contributed by atoms with E-state index in [1.807, 2.05) is 19.1 Å². The quantitative estimate of drug-likeness (QED) is 0.666. The second-order valence-corrected chi connectivity index (χ2v) is 4.76. The number of aromatic nitrogens is 1. The van der Waals surface area contributed by atoms with Gasteiger partial charge in [-0.05, 0) is 38.3 Å². The van der Waals surface area contributed by atoms with E-state index in [0.29, 0.717) is 30.5 Å². The van der Waals surface area contributed by atoms with E-state index in [0.717, 1.165) is 25.0 Å². The van der Waals surface area contributed by atoms with Crippen LogP contribution in [0.1, 0.15) is 31.4 Å². The van der Waals surface area contributed by atoms with Gasteiger partial charge in [-0.1, -0.05) is 0 Å². The summed E-state index contributed by atoms with van der Waals surface area (Å²) in [5, 5.41) is 6.13. The van der Waals surface area contributed by atoms with E-state index < -0.39 is 0 Å². The third kappa shape index (κ3) is 3.91. The molecule has 0 aromatic carbocycles. The number of nitrogens with one attached hydrogen (secondary N) is 2. The average Bonchev–Trinajstić information content (AvgIpc) is 3.13. The highest BCUT2D eigenvalue weighted by molar-refractivity contribution is 5.76. The Labute approximate surface area is 107 Å². The van der Waals surface area contributed by atoms with Crippen LogP contribution in [-0.2, 0) is 4.79 Å². The number of aryl methyl sites for hydroxylation is 1. The highest BCUT2D eigenvalue weighted by Gasteiger charge is 2.22. The second-order valence-electron chi connectivity index (χ2n) is 4.76. The maximum Gasteiger partial charge on any atom is 0.220 e. The summed E-state index contributed by atoms with van der Waals surface area (Å²) in [5.41, 5.74) is 7.37. The molecule has 5 nitrogen and oxygen atoms in total. The SMILES string of the molecule is Cc1ccc(N)c(NCCCC(=O)NC2CC2)n1. The first-order chi connectivity index (χ1) is 8.65. The molecule has 0 atom stereocenters. The lowest BCUT2D eigenvalue weighted by atomic mass is 10.3. The Kier molecular flexibility index (Phi) is 4.02. The Bertz CT molecular complexity index is 429. The van der Waals surface area contributed by atoms with Gasteiger partial charge in [0.15, 0.2) is 0 Å². The molecule has 0 unspecified atom stereocenters. The lowest BCUT2D eigenvalue weighted by Crippen LogP contribution is -2.25. The summed E-state index contributed by atoms with van der Waals surface area (Å²) in [7, 11) is 0. The van der Waals surface area contributed by atoms with Crippen molar-refractivity contribution in [2.45, 2.75) is 38.6 Å². The van der Waals surface area contributed by atoms with Crippen LogP contribution in [0.5, 0.6) is 0 Å². The van der Waals surface area contributed by atoms with Gasteiger partial charge in [0.05, 0.1) is 5.69 Å². The molecule has 1 amide bonds. The van der Waals surface area contributed by atoms with Crippen LogP contribution >= 0.6 is 0 Å². The molecule has 1 heterocycles. The number of nitrogens with zero attached hydrogens (tertiary/aromatic N) is 1. The molecule has 2 rings (SSSR count). The minimum atomic E-state index is 0.143. The summed E-state index contributed by atoms with van der Waals surface area (Å²) in [4.78, 5) is 15.8. The number of carbonyl (C=O) groups is 1. The van der Waals surface area contributed by atoms with Crippen molar-refractivity contribution in [1.29, 1.82) is 0 Å². The van der Waals surface area contributed by atoms with E-state index in [2.05, 4.69) is 15.6 Å². The Morgan fingerprint density at radius 3 is 3.00 bits per heavy atom. The largest absolute Gasteiger partial charge is 0.396 e. The van der Waals surface area contributed by atoms with Gasteiger partial charge < -0.3 is 16.4 Å². The number of nitrogens with two attached hydrogens (primary N) is 1. The van der Waals surface area contributed by atoms with Crippen molar-refractivity contribution in [3.63, 3.8) is 0 Å². The number of pyridine rings is 1. The Balaban J connectivity index is 1.67. The summed E-state index contributed by atoms with van der Waals surface area (Å²) in [6.45, 7) is 2.63. The summed E-state index contributed by atoms with van der Waals surface area (Å²) in [6, 6.07) is 4.16. The van der Waals surface area contributed by atoms with Gasteiger partial charge in [0.2, 0.25) is 5.91 Å². The van der Waals surface area contributed by atoms with Crippen LogP contribution in [0.3, 0.4) is 0 Å². The van der Waals surface area contributed by atoms with Gasteiger partial charge in [0, 0.05) is 24.7 Å². The molecule has 1 aromatic rings. The maximum absolute atomic E-state index is 11.4. The van der Waals surface area contributed by atoms with Crippen molar-refractivity contribution < 1.29 is 4.79 Å². The summed E-state index contributed by atoms with van der Waals surface area (Å²) >= 11 is 0. The zero-order valence-corrected chi connectivity index (χ0v) is 10.7. The molecule has 5 heteroatoms. The summed E-state index contributed by atoms with van der Waals surface area (Å²) in [6.07, 6.45) is 3.60. The molecule has 18 heavy (non-hydrogen) atoms. The summed E-state index contributed by atoms with van der Waals surface area (Å²) in [5.74, 6) is 0.849. The highest BCUT2D eigenvalue weighted by atomic mass is 16.1. The van der Waals surface area contributed by atoms with Crippen molar-refractivity contribution in [2.24, 2.45) is 0 Å². The highest BCUT2D eigenvalue weighted by Crippen LogP contribution is 2.19. The Morgan fingerprint density at radius 2 is 2.28 bits per heavy atom. The van der Waals surface area contributed by atoms with Gasteiger partial charge in [-0.2, -0.15) is 0 Å². The first-order valence-corrected chi connectivity index (χ1v) is 6.41. The number of hydrogen-bond donors (Lipinski definition) is 3. The number of anilines is 2. The van der Waals surface area contributed by atoms with Crippen molar-refractivity contribution in [3.8, 4) is 0 Å². The lowest BCUT2D eigenvalue weighted by molar-refractivity contribution is -0.121. The zero-order chi connectivity index (χ0) is 13.0. The lowest BCUT2D eigenvalue weighted by Gasteiger charge is -2.09. The Morgan fingerprint density at radius 1 is 1.50 bits per heavy atom. The van der Waals surface area contributed by atoms with Crippen LogP contribution < -0.4 is 16.4 Å². The molecule has 0 aliphatic heterocycles. The molecule has 0 radical (unpaired) electrons. The summed E-state index contributed by atoms with van der Waals surface area (Å²) < 4.78 is 0. The number of carbonyl (C=O) groups excluding carboxylic acids is 1. The van der Waals surface area contributed by atoms with Gasteiger partial charge in [-0.3, -0.25) is 4.79 Å². The van der Waals surface area contributed by atoms with Crippen LogP contribution in [0, 0.1) is 6.92 Å². The molecule has 1 fully saturated rings. The molecule has 0 spiro atoms. The monoisotopic (exact) mass is 248 g/mol. The smallest absolute Gasteiger partial charge is 0.220 e. The average molecular weight is 248 g/mol. The van der Waals surface area contributed by atoms with E-state index in [1.54, 1.807) is 0 Å². The minimum absolute atomic E-state index is 0.143. The molecule has 4 N–H and O–H groups in total. The van der Waals surface area contributed by atoms with Crippen LogP contribution in [0.15, 0.2) is 12.1 Å². The van der Waals surface area contributed by atoms with Gasteiger partial charge in [0.25, 0.3) is 0 Å². The number of rotatable bonds is 6. The molecule has 1 aliphatic carbocycles. The molecule has 98 valence electrons. The molecule has 0 saturated heterocycles. The molecule has 1 aromatic heterocycles. The van der Waals surface area contributed by atoms with Crippen LogP contribution in [0.4, 0.5) is 11.5 Å². The topological polar surface area (TPSA) is 80.0 Å². The second kappa shape index (κ2) is 5.71. The van der Waals surface area contributed by atoms with E-state index in [1.165, 1.54) is 0 Å². The van der Waals surface area contributed by atoms with Crippen molar-refractivity contribution in [2.75, 3.05) is 17.6 Å². The molecular formula is C13H20N4O. The van der Waals surface area contributed by atoms with E-state index in [-0.39, 0.29) is 5.91 Å². The van der Waals surface area contributed by atoms with E-state index in [9.17, 15) is 4.79 Å². The number of amides is 1. The van der Waals surface area contributed by atoms with Crippen LogP contribution in [0.2, 0.25) is 0 Å².